The second-order valence-electron chi connectivity index (χ2n) is 7.81. The Morgan fingerprint density at radius 1 is 1.22 bits per heavy atom. The van der Waals surface area contributed by atoms with Crippen LogP contribution in [0.1, 0.15) is 12.5 Å². The Bertz CT molecular complexity index is 1190. The summed E-state index contributed by atoms with van der Waals surface area (Å²) in [4.78, 5) is 49.2. The van der Waals surface area contributed by atoms with E-state index >= 15 is 0 Å². The van der Waals surface area contributed by atoms with Crippen molar-refractivity contribution in [2.45, 2.75) is 31.0 Å². The third-order valence-electron chi connectivity index (χ3n) is 5.20. The molecule has 2 aromatic rings. The number of hydrogen-bond acceptors (Lipinski definition) is 8. The number of esters is 1. The van der Waals surface area contributed by atoms with Crippen LogP contribution in [0.3, 0.4) is 0 Å². The molecule has 0 aliphatic carbocycles. The molecule has 1 N–H and O–H groups in total. The number of β-lactam (4-membered cyclic amide) rings is 1. The van der Waals surface area contributed by atoms with Crippen molar-refractivity contribution < 1.29 is 33.0 Å². The van der Waals surface area contributed by atoms with Crippen LogP contribution < -0.4 is 10.1 Å². The van der Waals surface area contributed by atoms with Gasteiger partial charge in [-0.2, -0.15) is 0 Å². The number of likely N-dealkylation sites (tertiary alicyclic amines) is 1. The first-order valence-electron chi connectivity index (χ1n) is 10.5. The third kappa shape index (κ3) is 6.26. The van der Waals surface area contributed by atoms with E-state index in [-0.39, 0.29) is 17.9 Å². The van der Waals surface area contributed by atoms with Gasteiger partial charge in [-0.15, -0.1) is 0 Å². The molecule has 2 aromatic carbocycles. The van der Waals surface area contributed by atoms with Crippen molar-refractivity contribution in [1.82, 2.24) is 10.2 Å². The van der Waals surface area contributed by atoms with Crippen molar-refractivity contribution in [3.05, 3.63) is 82.4 Å². The molecule has 3 rings (SSSR count). The number of non-ortho nitro benzene ring substituents is 1. The molecule has 0 radical (unpaired) electrons. The van der Waals surface area contributed by atoms with Gasteiger partial charge in [-0.25, -0.2) is 9.00 Å². The normalized spacial score (nSPS) is 18.4. The minimum absolute atomic E-state index is 0.120. The summed E-state index contributed by atoms with van der Waals surface area (Å²) in [6, 6.07) is 11.4. The van der Waals surface area contributed by atoms with E-state index in [1.54, 1.807) is 30.3 Å². The first kappa shape index (κ1) is 26.8. The summed E-state index contributed by atoms with van der Waals surface area (Å²) in [5, 5.41) is 12.0. The fraction of sp³-hybridized carbons (Fsp3) is 0.261. The Balaban J connectivity index is 1.64. The highest BCUT2D eigenvalue weighted by atomic mass is 35.7. The van der Waals surface area contributed by atoms with Crippen LogP contribution in [0.2, 0.25) is 0 Å². The number of rotatable bonds is 11. The largest absolute Gasteiger partial charge is 0.484 e. The monoisotopic (exact) mass is 535 g/mol. The molecule has 190 valence electrons. The summed E-state index contributed by atoms with van der Waals surface area (Å²) >= 11 is 0. The molecule has 0 aromatic heterocycles. The fourth-order valence-electron chi connectivity index (χ4n) is 3.47. The zero-order chi connectivity index (χ0) is 26.4. The minimum atomic E-state index is -2.15. The van der Waals surface area contributed by atoms with E-state index in [0.29, 0.717) is 11.3 Å². The van der Waals surface area contributed by atoms with Crippen molar-refractivity contribution in [2.24, 2.45) is 0 Å². The van der Waals surface area contributed by atoms with E-state index in [0.717, 1.165) is 4.90 Å². The number of nitro groups is 1. The lowest BCUT2D eigenvalue weighted by Gasteiger charge is -2.48. The molecule has 1 saturated heterocycles. The van der Waals surface area contributed by atoms with Crippen LogP contribution in [-0.2, 0) is 35.7 Å². The molecule has 1 aliphatic rings. The predicted molar refractivity (Wildman–Crippen MR) is 130 cm³/mol. The minimum Gasteiger partial charge on any atom is -0.484 e. The SMILES string of the molecule is C=C(C)[C@H](C(=O)OCc1ccc([N+](=O)[O-])cc1)N1C(=O)[C@@H](NC(=O)COc2ccccc2)[C@H]1S(=O)Cl. The molecule has 0 bridgehead atoms. The second kappa shape index (κ2) is 11.8. The molecule has 0 saturated carbocycles. The van der Waals surface area contributed by atoms with Crippen molar-refractivity contribution >= 4 is 44.2 Å². The quantitative estimate of drug-likeness (QED) is 0.115. The van der Waals surface area contributed by atoms with Gasteiger partial charge >= 0.3 is 5.97 Å². The zero-order valence-electron chi connectivity index (χ0n) is 19.0. The number of amides is 2. The van der Waals surface area contributed by atoms with Gasteiger partial charge in [0.2, 0.25) is 5.91 Å². The molecule has 4 atom stereocenters. The van der Waals surface area contributed by atoms with Crippen LogP contribution in [-0.4, -0.2) is 55.9 Å². The molecule has 1 unspecified atom stereocenters. The molecular formula is C23H22ClN3O8S. The number of halogens is 1. The Labute approximate surface area is 213 Å². The summed E-state index contributed by atoms with van der Waals surface area (Å²) in [6.45, 7) is 4.59. The van der Waals surface area contributed by atoms with Crippen molar-refractivity contribution in [3.8, 4) is 5.75 Å². The van der Waals surface area contributed by atoms with Gasteiger partial charge in [0.1, 0.15) is 28.4 Å². The maximum Gasteiger partial charge on any atom is 0.333 e. The molecule has 13 heteroatoms. The molecule has 1 fully saturated rings. The molecule has 2 amide bonds. The maximum atomic E-state index is 12.9. The van der Waals surface area contributed by atoms with E-state index in [1.165, 1.54) is 31.2 Å². The van der Waals surface area contributed by atoms with Crippen LogP contribution in [0.4, 0.5) is 5.69 Å². The standard InChI is InChI=1S/C23H22ClN3O8S/c1-14(2)20(23(30)35-12-15-8-10-16(11-9-15)27(31)32)26-21(29)19(22(26)36(24)33)25-18(28)13-34-17-6-4-3-5-7-17/h3-11,19-20,22H,1,12-13H2,2H3,(H,25,28)/t19-,20-,22-,36?/m1/s1. The number of benzene rings is 2. The van der Waals surface area contributed by atoms with Crippen LogP contribution in [0.5, 0.6) is 5.75 Å². The molecule has 11 nitrogen and oxygen atoms in total. The Morgan fingerprint density at radius 3 is 2.42 bits per heavy atom. The number of para-hydroxylation sites is 1. The number of hydrogen-bond donors (Lipinski definition) is 1. The van der Waals surface area contributed by atoms with E-state index < -0.39 is 56.8 Å². The summed E-state index contributed by atoms with van der Waals surface area (Å²) in [7, 11) is 3.66. The predicted octanol–water partition coefficient (Wildman–Crippen LogP) is 2.22. The highest BCUT2D eigenvalue weighted by molar-refractivity contribution is 8.08. The van der Waals surface area contributed by atoms with Gasteiger partial charge in [0.05, 0.1) is 4.92 Å². The summed E-state index contributed by atoms with van der Waals surface area (Å²) < 4.78 is 22.9. The number of carbonyl (C=O) groups excluding carboxylic acids is 3. The highest BCUT2D eigenvalue weighted by Crippen LogP contribution is 2.31. The zero-order valence-corrected chi connectivity index (χ0v) is 20.6. The molecule has 36 heavy (non-hydrogen) atoms. The van der Waals surface area contributed by atoms with Gasteiger partial charge in [-0.1, -0.05) is 24.8 Å². The third-order valence-corrected chi connectivity index (χ3v) is 6.62. The van der Waals surface area contributed by atoms with Crippen LogP contribution in [0.25, 0.3) is 0 Å². The van der Waals surface area contributed by atoms with Gasteiger partial charge in [0.25, 0.3) is 11.6 Å². The Kier molecular flexibility index (Phi) is 8.78. The van der Waals surface area contributed by atoms with E-state index in [9.17, 15) is 28.7 Å². The second-order valence-corrected chi connectivity index (χ2v) is 9.70. The van der Waals surface area contributed by atoms with E-state index in [4.69, 9.17) is 20.2 Å². The summed E-state index contributed by atoms with van der Waals surface area (Å²) in [6.07, 6.45) is 0. The number of ether oxygens (including phenoxy) is 2. The van der Waals surface area contributed by atoms with Crippen LogP contribution >= 0.6 is 10.7 Å². The first-order chi connectivity index (χ1) is 17.1. The lowest BCUT2D eigenvalue weighted by Crippen LogP contribution is -2.75. The lowest BCUT2D eigenvalue weighted by atomic mass is 9.99. The molecule has 1 heterocycles. The summed E-state index contributed by atoms with van der Waals surface area (Å²) in [5.74, 6) is -1.75. The van der Waals surface area contributed by atoms with Crippen molar-refractivity contribution in [1.29, 1.82) is 0 Å². The van der Waals surface area contributed by atoms with Crippen molar-refractivity contribution in [3.63, 3.8) is 0 Å². The average molecular weight is 536 g/mol. The number of nitrogens with zero attached hydrogens (tertiary/aromatic N) is 2. The molecule has 0 spiro atoms. The fourth-order valence-corrected chi connectivity index (χ4v) is 4.84. The highest BCUT2D eigenvalue weighted by Gasteiger charge is 2.56. The van der Waals surface area contributed by atoms with Gasteiger partial charge in [0, 0.05) is 12.1 Å². The number of nitrogens with one attached hydrogen (secondary N) is 1. The maximum absolute atomic E-state index is 12.9. The Morgan fingerprint density at radius 2 is 1.86 bits per heavy atom. The van der Waals surface area contributed by atoms with Gasteiger partial charge < -0.3 is 19.7 Å². The van der Waals surface area contributed by atoms with E-state index in [1.807, 2.05) is 0 Å². The van der Waals surface area contributed by atoms with Gasteiger partial charge in [-0.3, -0.25) is 19.7 Å². The Hall–Kier alpha value is -3.77. The summed E-state index contributed by atoms with van der Waals surface area (Å²) in [5.41, 5.74) is 0.581. The smallest absolute Gasteiger partial charge is 0.333 e. The number of carbonyl (C=O) groups is 3. The topological polar surface area (TPSA) is 145 Å². The van der Waals surface area contributed by atoms with E-state index in [2.05, 4.69) is 11.9 Å². The number of nitro benzene ring substituents is 1. The van der Waals surface area contributed by atoms with Crippen LogP contribution in [0, 0.1) is 10.1 Å². The first-order valence-corrected chi connectivity index (χ1v) is 12.6. The van der Waals surface area contributed by atoms with Gasteiger partial charge in [-0.05, 0) is 53.0 Å². The molecule has 1 aliphatic heterocycles. The average Bonchev–Trinajstić information content (AvgIpc) is 2.85. The van der Waals surface area contributed by atoms with Gasteiger partial charge in [0.15, 0.2) is 18.0 Å². The van der Waals surface area contributed by atoms with Crippen molar-refractivity contribution in [2.75, 3.05) is 6.61 Å². The van der Waals surface area contributed by atoms with Crippen LogP contribution in [0.15, 0.2) is 66.7 Å². The molecular weight excluding hydrogens is 514 g/mol. The lowest BCUT2D eigenvalue weighted by molar-refractivity contribution is -0.384.